The van der Waals surface area contributed by atoms with Crippen molar-refractivity contribution in [2.45, 2.75) is 316 Å². The zero-order valence-electron chi connectivity index (χ0n) is 54.9. The van der Waals surface area contributed by atoms with E-state index in [1.54, 1.807) is 0 Å². The lowest BCUT2D eigenvalue weighted by atomic mass is 9.57. The second-order valence-electron chi connectivity index (χ2n) is 28.2. The average molecular weight is 1270 g/mol. The second kappa shape index (κ2) is 21.3. The van der Waals surface area contributed by atoms with E-state index < -0.39 is 179 Å². The maximum absolute atomic E-state index is 14.0. The predicted octanol–water partition coefficient (Wildman–Crippen LogP) is -0.104. The van der Waals surface area contributed by atoms with Crippen molar-refractivity contribution in [3.63, 3.8) is 0 Å². The molecule has 3 heterocycles. The summed E-state index contributed by atoms with van der Waals surface area (Å²) >= 11 is 0. The Balaban J connectivity index is 2.41. The van der Waals surface area contributed by atoms with E-state index in [1.165, 1.54) is 20.8 Å². The molecule has 22 atom stereocenters. The molecule has 0 spiro atoms. The third-order valence-corrected chi connectivity index (χ3v) is 22.9. The first kappa shape index (κ1) is 77.8. The van der Waals surface area contributed by atoms with Crippen LogP contribution in [0.5, 0.6) is 0 Å². The van der Waals surface area contributed by atoms with Crippen molar-refractivity contribution in [2.75, 3.05) is 13.7 Å². The Labute approximate surface area is 506 Å². The molecule has 3 fully saturated rings. The normalized spacial score (nSPS) is 44.4. The molecule has 87 heavy (non-hydrogen) atoms. The van der Waals surface area contributed by atoms with E-state index in [2.05, 4.69) is 0 Å². The lowest BCUT2D eigenvalue weighted by Crippen LogP contribution is -2.90. The van der Waals surface area contributed by atoms with Gasteiger partial charge >= 0.3 is 29.8 Å². The van der Waals surface area contributed by atoms with Crippen molar-refractivity contribution in [1.29, 1.82) is 0 Å². The van der Waals surface area contributed by atoms with Crippen LogP contribution in [0.2, 0.25) is 0 Å². The van der Waals surface area contributed by atoms with Gasteiger partial charge < -0.3 is 124 Å². The van der Waals surface area contributed by atoms with Gasteiger partial charge in [0, 0.05) is 13.7 Å². The fraction of sp³-hybridized carbons (Fsp3) is 0.912. The summed E-state index contributed by atoms with van der Waals surface area (Å²) in [6, 6.07) is 0. The summed E-state index contributed by atoms with van der Waals surface area (Å²) in [5.41, 5.74) is -55.5. The molecule has 3 aliphatic rings. The van der Waals surface area contributed by atoms with Crippen LogP contribution in [0.3, 0.4) is 0 Å². The van der Waals surface area contributed by atoms with Gasteiger partial charge in [0.2, 0.25) is 0 Å². The van der Waals surface area contributed by atoms with Crippen LogP contribution in [-0.4, -0.2) is 261 Å². The first-order valence-corrected chi connectivity index (χ1v) is 27.9. The first-order valence-electron chi connectivity index (χ1n) is 27.9. The topological polar surface area (TPSA) is 492 Å². The predicted molar refractivity (Wildman–Crippen MR) is 297 cm³/mol. The molecule has 14 unspecified atom stereocenters. The Bertz CT molecular complexity index is 2690. The number of carbonyl (C=O) groups is 5. The molecule has 0 aliphatic carbocycles. The summed E-state index contributed by atoms with van der Waals surface area (Å²) in [6.07, 6.45) is -6.94. The average Bonchev–Trinajstić information content (AvgIpc) is 0.686. The van der Waals surface area contributed by atoms with Crippen LogP contribution in [0, 0.1) is 0 Å². The Hall–Kier alpha value is -3.45. The zero-order valence-corrected chi connectivity index (χ0v) is 54.9. The molecular weight excluding hydrogens is 1160 g/mol. The summed E-state index contributed by atoms with van der Waals surface area (Å²) in [7, 11) is 1.03. The molecule has 0 aromatic carbocycles. The summed E-state index contributed by atoms with van der Waals surface area (Å²) in [6.45, 7) is 22.7. The van der Waals surface area contributed by atoms with Crippen LogP contribution >= 0.6 is 0 Å². The molecule has 0 bridgehead atoms. The van der Waals surface area contributed by atoms with Crippen LogP contribution in [0.4, 0.5) is 0 Å². The molecule has 3 aliphatic heterocycles. The van der Waals surface area contributed by atoms with Crippen LogP contribution in [0.25, 0.3) is 0 Å². The Morgan fingerprint density at radius 3 is 1.30 bits per heavy atom. The monoisotopic (exact) mass is 1260 g/mol. The highest BCUT2D eigenvalue weighted by molar-refractivity contribution is 5.81. The summed E-state index contributed by atoms with van der Waals surface area (Å²) in [5, 5.41) is 192. The first-order chi connectivity index (χ1) is 37.8. The number of aliphatic hydroxyl groups excluding tert-OH is 1. The van der Waals surface area contributed by atoms with Gasteiger partial charge in [0.25, 0.3) is 0 Å². The Morgan fingerprint density at radius 1 is 0.517 bits per heavy atom. The minimum Gasteiger partial charge on any atom is -0.481 e. The molecule has 30 heteroatoms. The van der Waals surface area contributed by atoms with E-state index in [-0.39, 0.29) is 0 Å². The SMILES string of the molecule is CCO[C@@](C)(O[C@]1(C)C(C)(C(=O)O)O[C@@](C)(O[C@]2(C)C(C(=O)O)O[C@@](C)(O[C@](C)(C(O)C(=O)O)C(C)(O)C(C)(O)C(C)(C)O[C@]3(C)C(C)(C(=O)O)OC(C)(C)C(C)(O)C3(C)O)C(C)(O)C2(C)O)C(C)(O)C1(C)O)C(C)(O)C(C)(O)[C@@](C)(CC(=O)O)OC. The van der Waals surface area contributed by atoms with E-state index in [0.29, 0.717) is 34.6 Å². The number of carboxylic acids is 5. The maximum Gasteiger partial charge on any atom is 0.338 e. The van der Waals surface area contributed by atoms with Gasteiger partial charge in [-0.1, -0.05) is 0 Å². The van der Waals surface area contributed by atoms with E-state index in [0.717, 1.165) is 125 Å². The summed E-state index contributed by atoms with van der Waals surface area (Å²) in [5.74, 6) is -19.1. The molecule has 3 saturated heterocycles. The van der Waals surface area contributed by atoms with Gasteiger partial charge in [0.05, 0.1) is 17.6 Å². The van der Waals surface area contributed by atoms with Crippen LogP contribution in [-0.2, 0) is 66.6 Å². The van der Waals surface area contributed by atoms with E-state index >= 15 is 0 Å². The number of hydrogen-bond acceptors (Lipinski definition) is 25. The van der Waals surface area contributed by atoms with Crippen molar-refractivity contribution >= 4 is 29.8 Å². The van der Waals surface area contributed by atoms with Crippen molar-refractivity contribution < 1.29 is 148 Å². The quantitative estimate of drug-likeness (QED) is 0.0561. The standard InChI is InChI=1S/C57H100O30/c1-27-80-55(23,50(18,76)45(13,71)38(6,79-26)28-29(58)59)87-54(22)42(10,35(67)68)86-57(25,52(20,78)49(54,17)75)85-40(8)31(33(63)64)81-56(24,51(19,77)47(40,15)73)84-39(7,30(60)32(61)62)46(14,72)43(11,69)37(4,5)83-53(21)41(9,34(65)66)82-36(2,3)44(12,70)48(53,16)74/h30-31,60,69-78H,27-28H2,1-26H3,(H,58,59)(H,61,62)(H,63,64)(H,65,66)(H,67,68)/t30?,31?,38-,39-,40-,41?,42?,43?,44?,45?,46?,47?,48?,49?,50?,51?,52?,53-,54-,55+,56+,57-/m1/s1. The molecule has 0 aromatic rings. The smallest absolute Gasteiger partial charge is 0.338 e. The number of rotatable bonds is 24. The minimum absolute atomic E-state index is 0.424. The highest BCUT2D eigenvalue weighted by Gasteiger charge is 2.85. The number of aliphatic carboxylic acids is 5. The third kappa shape index (κ3) is 9.74. The minimum atomic E-state index is -3.43. The van der Waals surface area contributed by atoms with Crippen molar-refractivity contribution in [1.82, 2.24) is 0 Å². The van der Waals surface area contributed by atoms with Crippen molar-refractivity contribution in [3.05, 3.63) is 0 Å². The van der Waals surface area contributed by atoms with Crippen LogP contribution < -0.4 is 0 Å². The highest BCUT2D eigenvalue weighted by atomic mass is 16.8. The zero-order chi connectivity index (χ0) is 69.8. The molecule has 0 saturated carbocycles. The molecule has 0 radical (unpaired) electrons. The van der Waals surface area contributed by atoms with Gasteiger partial charge in [0.1, 0.15) is 84.0 Å². The van der Waals surface area contributed by atoms with Gasteiger partial charge in [-0.05, 0) is 173 Å². The van der Waals surface area contributed by atoms with Gasteiger partial charge in [-0.15, -0.1) is 0 Å². The molecule has 16 N–H and O–H groups in total. The number of carboxylic acid groups (broad SMARTS) is 5. The molecule has 30 nitrogen and oxygen atoms in total. The molecule has 0 aromatic heterocycles. The number of methoxy groups -OCH3 is 1. The number of aliphatic hydroxyl groups is 11. The fourth-order valence-electron chi connectivity index (χ4n) is 13.2. The molecular formula is C57H100O30. The van der Waals surface area contributed by atoms with Crippen LogP contribution in [0.1, 0.15) is 180 Å². The number of hydrogen-bond donors (Lipinski definition) is 16. The van der Waals surface area contributed by atoms with Gasteiger partial charge in [-0.25, -0.2) is 19.2 Å². The summed E-state index contributed by atoms with van der Waals surface area (Å²) < 4.78 is 55.2. The van der Waals surface area contributed by atoms with Gasteiger partial charge in [-0.2, -0.15) is 0 Å². The fourth-order valence-corrected chi connectivity index (χ4v) is 13.2. The van der Waals surface area contributed by atoms with Crippen molar-refractivity contribution in [2.24, 2.45) is 0 Å². The van der Waals surface area contributed by atoms with Gasteiger partial charge in [-0.3, -0.25) is 4.79 Å². The largest absolute Gasteiger partial charge is 0.481 e. The Morgan fingerprint density at radius 2 is 0.920 bits per heavy atom. The lowest BCUT2D eigenvalue weighted by Gasteiger charge is -2.70. The van der Waals surface area contributed by atoms with E-state index in [1.807, 2.05) is 0 Å². The second-order valence-corrected chi connectivity index (χ2v) is 28.2. The Kier molecular flexibility index (Phi) is 19.0. The number of ether oxygens (including phenoxy) is 9. The molecule has 3 rings (SSSR count). The summed E-state index contributed by atoms with van der Waals surface area (Å²) in [4.78, 5) is 66.3. The lowest BCUT2D eigenvalue weighted by molar-refractivity contribution is -0.518. The van der Waals surface area contributed by atoms with Crippen molar-refractivity contribution in [3.8, 4) is 0 Å². The third-order valence-electron chi connectivity index (χ3n) is 22.9. The van der Waals surface area contributed by atoms with Gasteiger partial charge in [0.15, 0.2) is 40.8 Å². The molecule has 0 amide bonds. The van der Waals surface area contributed by atoms with E-state index in [4.69, 9.17) is 42.6 Å². The molecule has 508 valence electrons. The van der Waals surface area contributed by atoms with E-state index in [9.17, 15) is 106 Å². The van der Waals surface area contributed by atoms with Crippen LogP contribution in [0.15, 0.2) is 0 Å². The highest BCUT2D eigenvalue weighted by Crippen LogP contribution is 2.64. The maximum atomic E-state index is 14.0.